The van der Waals surface area contributed by atoms with Gasteiger partial charge in [0.25, 0.3) is 5.91 Å². The Bertz CT molecular complexity index is 1270. The highest BCUT2D eigenvalue weighted by Crippen LogP contribution is 2.42. The number of nitrogens with one attached hydrogen (secondary N) is 1. The van der Waals surface area contributed by atoms with Gasteiger partial charge in [0.15, 0.2) is 0 Å². The molecule has 0 aromatic heterocycles. The van der Waals surface area contributed by atoms with E-state index in [0.29, 0.717) is 27.8 Å². The third-order valence-electron chi connectivity index (χ3n) is 4.94. The molecule has 8 heteroatoms. The number of thioether (sulfide) groups is 1. The minimum atomic E-state index is -0.597. The number of benzene rings is 3. The van der Waals surface area contributed by atoms with Crippen LogP contribution in [0.2, 0.25) is 5.02 Å². The molecule has 1 aliphatic rings. The van der Waals surface area contributed by atoms with Gasteiger partial charge in [-0.2, -0.15) is 5.26 Å². The Morgan fingerprint density at radius 2 is 1.82 bits per heavy atom. The van der Waals surface area contributed by atoms with Gasteiger partial charge in [-0.15, -0.1) is 0 Å². The number of carbonyl (C=O) groups is 2. The summed E-state index contributed by atoms with van der Waals surface area (Å²) in [5, 5.41) is 12.9. The van der Waals surface area contributed by atoms with Crippen LogP contribution in [0.15, 0.2) is 93.9 Å². The van der Waals surface area contributed by atoms with Crippen LogP contribution in [0, 0.1) is 11.3 Å². The second-order valence-corrected chi connectivity index (χ2v) is 9.75. The average Bonchev–Trinajstić information content (AvgIpc) is 3.12. The molecular weight excluding hydrogens is 522 g/mol. The van der Waals surface area contributed by atoms with Crippen molar-refractivity contribution in [3.05, 3.63) is 105 Å². The maximum atomic E-state index is 13.4. The number of amides is 2. The first-order valence-corrected chi connectivity index (χ1v) is 12.0. The fraction of sp³-hybridized carbons (Fsp3) is 0.0800. The first-order chi connectivity index (χ1) is 16.0. The fourth-order valence-electron chi connectivity index (χ4n) is 3.39. The number of carbonyl (C=O) groups excluding carboxylic acids is 2. The van der Waals surface area contributed by atoms with E-state index in [-0.39, 0.29) is 11.5 Å². The van der Waals surface area contributed by atoms with Crippen LogP contribution in [0.1, 0.15) is 5.56 Å². The van der Waals surface area contributed by atoms with Crippen LogP contribution in [0.5, 0.6) is 0 Å². The Hall–Kier alpha value is -3.05. The molecule has 0 aliphatic carbocycles. The quantitative estimate of drug-likeness (QED) is 0.312. The lowest BCUT2D eigenvalue weighted by atomic mass is 10.1. The van der Waals surface area contributed by atoms with E-state index >= 15 is 0 Å². The largest absolute Gasteiger partial charge is 0.321 e. The first kappa shape index (κ1) is 23.1. The van der Waals surface area contributed by atoms with E-state index in [1.165, 1.54) is 16.7 Å². The van der Waals surface area contributed by atoms with Gasteiger partial charge in [0.2, 0.25) is 5.91 Å². The number of para-hydroxylation sites is 1. The van der Waals surface area contributed by atoms with Crippen molar-refractivity contribution in [2.45, 2.75) is 11.7 Å². The number of nitriles is 1. The predicted octanol–water partition coefficient (Wildman–Crippen LogP) is 6.17. The topological polar surface area (TPSA) is 73.2 Å². The molecule has 2 amide bonds. The third kappa shape index (κ3) is 5.31. The van der Waals surface area contributed by atoms with Crippen molar-refractivity contribution in [2.75, 3.05) is 10.2 Å². The summed E-state index contributed by atoms with van der Waals surface area (Å²) in [5.74, 6) is -0.771. The van der Waals surface area contributed by atoms with Gasteiger partial charge in [-0.1, -0.05) is 75.7 Å². The van der Waals surface area contributed by atoms with E-state index in [1.54, 1.807) is 36.4 Å². The summed E-state index contributed by atoms with van der Waals surface area (Å²) in [7, 11) is 0. The highest BCUT2D eigenvalue weighted by Gasteiger charge is 2.40. The lowest BCUT2D eigenvalue weighted by Gasteiger charge is -2.18. The van der Waals surface area contributed by atoms with Crippen molar-refractivity contribution >= 4 is 62.5 Å². The molecule has 4 rings (SSSR count). The van der Waals surface area contributed by atoms with Gasteiger partial charge >= 0.3 is 0 Å². The molecule has 1 aliphatic heterocycles. The molecule has 1 saturated heterocycles. The van der Waals surface area contributed by atoms with Gasteiger partial charge < -0.3 is 5.32 Å². The van der Waals surface area contributed by atoms with E-state index in [1.807, 2.05) is 48.5 Å². The van der Waals surface area contributed by atoms with Gasteiger partial charge in [0.05, 0.1) is 5.25 Å². The average molecular weight is 539 g/mol. The van der Waals surface area contributed by atoms with Crippen LogP contribution in [0.3, 0.4) is 0 Å². The molecular formula is C25H17BrClN3O2S. The molecule has 0 bridgehead atoms. The molecule has 1 unspecified atom stereocenters. The van der Waals surface area contributed by atoms with E-state index in [9.17, 15) is 14.9 Å². The van der Waals surface area contributed by atoms with Crippen molar-refractivity contribution in [1.29, 1.82) is 5.26 Å². The highest BCUT2D eigenvalue weighted by atomic mass is 79.9. The SMILES string of the molecule is N#C/C(C(=O)Nc1cccc(Cl)c1)=C1/SC(Cc2ccc(Br)cc2)C(=O)N1c1ccccc1. The van der Waals surface area contributed by atoms with Crippen molar-refractivity contribution in [1.82, 2.24) is 0 Å². The highest BCUT2D eigenvalue weighted by molar-refractivity contribution is 9.10. The smallest absolute Gasteiger partial charge is 0.269 e. The van der Waals surface area contributed by atoms with E-state index in [4.69, 9.17) is 11.6 Å². The second kappa shape index (κ2) is 10.3. The van der Waals surface area contributed by atoms with Crippen LogP contribution >= 0.6 is 39.3 Å². The van der Waals surface area contributed by atoms with Crippen molar-refractivity contribution < 1.29 is 9.59 Å². The normalized spacial score (nSPS) is 16.9. The number of hydrogen-bond acceptors (Lipinski definition) is 4. The zero-order chi connectivity index (χ0) is 23.4. The zero-order valence-corrected chi connectivity index (χ0v) is 20.3. The standard InChI is InChI=1S/C25H17BrClN3O2S/c26-17-11-9-16(10-12-17)13-22-24(32)30(20-7-2-1-3-8-20)25(33-22)21(15-28)23(31)29-19-6-4-5-18(27)14-19/h1-12,14,22H,13H2,(H,29,31)/b25-21-. The van der Waals surface area contributed by atoms with Crippen LogP contribution in [0.4, 0.5) is 11.4 Å². The summed E-state index contributed by atoms with van der Waals surface area (Å²) >= 11 is 10.7. The van der Waals surface area contributed by atoms with Gasteiger partial charge in [-0.3, -0.25) is 14.5 Å². The Kier molecular flexibility index (Phi) is 7.19. The Morgan fingerprint density at radius 3 is 2.48 bits per heavy atom. The van der Waals surface area contributed by atoms with E-state index < -0.39 is 11.2 Å². The lowest BCUT2D eigenvalue weighted by molar-refractivity contribution is -0.117. The number of halogens is 2. The van der Waals surface area contributed by atoms with Gasteiger partial charge in [0.1, 0.15) is 16.7 Å². The molecule has 0 spiro atoms. The maximum Gasteiger partial charge on any atom is 0.269 e. The van der Waals surface area contributed by atoms with Crippen LogP contribution in [-0.4, -0.2) is 17.1 Å². The summed E-state index contributed by atoms with van der Waals surface area (Å²) < 4.78 is 0.951. The maximum absolute atomic E-state index is 13.4. The van der Waals surface area contributed by atoms with Gasteiger partial charge in [-0.25, -0.2) is 0 Å². The molecule has 1 fully saturated rings. The number of hydrogen-bond donors (Lipinski definition) is 1. The molecule has 0 saturated carbocycles. The molecule has 33 heavy (non-hydrogen) atoms. The third-order valence-corrected chi connectivity index (χ3v) is 6.96. The summed E-state index contributed by atoms with van der Waals surface area (Å²) in [6.07, 6.45) is 0.470. The molecule has 1 N–H and O–H groups in total. The van der Waals surface area contributed by atoms with E-state index in [2.05, 4.69) is 21.2 Å². The summed E-state index contributed by atoms with van der Waals surface area (Å²) in [6, 6.07) is 25.4. The summed E-state index contributed by atoms with van der Waals surface area (Å²) in [4.78, 5) is 27.9. The lowest BCUT2D eigenvalue weighted by Crippen LogP contribution is -2.30. The number of anilines is 2. The fourth-order valence-corrected chi connectivity index (χ4v) is 5.16. The minimum absolute atomic E-state index is 0.129. The van der Waals surface area contributed by atoms with Crippen LogP contribution < -0.4 is 10.2 Å². The molecule has 3 aromatic carbocycles. The van der Waals surface area contributed by atoms with Crippen molar-refractivity contribution in [3.8, 4) is 6.07 Å². The van der Waals surface area contributed by atoms with Crippen molar-refractivity contribution in [2.24, 2.45) is 0 Å². The Balaban J connectivity index is 1.71. The summed E-state index contributed by atoms with van der Waals surface area (Å²) in [5.41, 5.74) is 1.93. The molecule has 0 radical (unpaired) electrons. The zero-order valence-electron chi connectivity index (χ0n) is 17.2. The number of rotatable bonds is 5. The first-order valence-electron chi connectivity index (χ1n) is 9.97. The molecule has 1 heterocycles. The Labute approximate surface area is 209 Å². The minimum Gasteiger partial charge on any atom is -0.321 e. The molecule has 5 nitrogen and oxygen atoms in total. The monoisotopic (exact) mass is 537 g/mol. The predicted molar refractivity (Wildman–Crippen MR) is 136 cm³/mol. The van der Waals surface area contributed by atoms with Crippen molar-refractivity contribution in [3.63, 3.8) is 0 Å². The summed E-state index contributed by atoms with van der Waals surface area (Å²) in [6.45, 7) is 0. The second-order valence-electron chi connectivity index (χ2n) is 7.20. The number of nitrogens with zero attached hydrogens (tertiary/aromatic N) is 2. The van der Waals surface area contributed by atoms with Gasteiger partial charge in [-0.05, 0) is 54.4 Å². The molecule has 164 valence electrons. The molecule has 1 atom stereocenters. The van der Waals surface area contributed by atoms with Gasteiger partial charge in [0, 0.05) is 20.9 Å². The Morgan fingerprint density at radius 1 is 1.09 bits per heavy atom. The molecule has 3 aromatic rings. The van der Waals surface area contributed by atoms with E-state index in [0.717, 1.165) is 10.0 Å². The van der Waals surface area contributed by atoms with Crippen LogP contribution in [-0.2, 0) is 16.0 Å². The van der Waals surface area contributed by atoms with Crippen LogP contribution in [0.25, 0.3) is 0 Å².